The van der Waals surface area contributed by atoms with Crippen LogP contribution in [0, 0.1) is 13.8 Å². The molecule has 2 fully saturated rings. The third-order valence-corrected chi connectivity index (χ3v) is 5.11. The Labute approximate surface area is 142 Å². The summed E-state index contributed by atoms with van der Waals surface area (Å²) < 4.78 is 0. The molecule has 0 unspecified atom stereocenters. The third kappa shape index (κ3) is 2.90. The topological polar surface area (TPSA) is 52.2 Å². The van der Waals surface area contributed by atoms with Gasteiger partial charge in [0, 0.05) is 43.5 Å². The van der Waals surface area contributed by atoms with Gasteiger partial charge in [0.2, 0.25) is 0 Å². The Morgan fingerprint density at radius 1 is 1.12 bits per heavy atom. The fourth-order valence-corrected chi connectivity index (χ4v) is 3.42. The quantitative estimate of drug-likeness (QED) is 0.944. The molecule has 0 atom stereocenters. The van der Waals surface area contributed by atoms with Crippen LogP contribution >= 0.6 is 0 Å². The second kappa shape index (κ2) is 5.96. The van der Waals surface area contributed by atoms with Gasteiger partial charge in [-0.3, -0.25) is 9.89 Å². The molecular weight excluding hydrogens is 300 g/mol. The molecule has 0 radical (unpaired) electrons. The molecule has 24 heavy (non-hydrogen) atoms. The highest BCUT2D eigenvalue weighted by Gasteiger charge is 2.29. The van der Waals surface area contributed by atoms with Crippen molar-refractivity contribution in [1.82, 2.24) is 15.1 Å². The van der Waals surface area contributed by atoms with Gasteiger partial charge in [-0.15, -0.1) is 0 Å². The molecule has 2 aromatic rings. The number of carbonyl (C=O) groups excluding carboxylic acids is 1. The van der Waals surface area contributed by atoms with E-state index in [2.05, 4.69) is 47.1 Å². The number of nitrogens with zero attached hydrogens (tertiary/aromatic N) is 3. The summed E-state index contributed by atoms with van der Waals surface area (Å²) in [6, 6.07) is 8.50. The van der Waals surface area contributed by atoms with E-state index in [1.807, 2.05) is 11.0 Å². The first-order valence-electron chi connectivity index (χ1n) is 8.78. The highest BCUT2D eigenvalue weighted by atomic mass is 16.2. The van der Waals surface area contributed by atoms with E-state index in [9.17, 15) is 4.79 Å². The second-order valence-electron chi connectivity index (χ2n) is 7.05. The molecule has 0 spiro atoms. The van der Waals surface area contributed by atoms with Crippen LogP contribution in [0.3, 0.4) is 0 Å². The zero-order valence-corrected chi connectivity index (χ0v) is 14.4. The van der Waals surface area contributed by atoms with Crippen LogP contribution in [0.5, 0.6) is 0 Å². The lowest BCUT2D eigenvalue weighted by Crippen LogP contribution is -2.49. The summed E-state index contributed by atoms with van der Waals surface area (Å²) in [5.74, 6) is 0.652. The van der Waals surface area contributed by atoms with Crippen molar-refractivity contribution in [2.75, 3.05) is 31.1 Å². The Hall–Kier alpha value is -2.30. The van der Waals surface area contributed by atoms with Crippen LogP contribution in [-0.4, -0.2) is 47.2 Å². The molecule has 5 nitrogen and oxygen atoms in total. The van der Waals surface area contributed by atoms with Crippen molar-refractivity contribution in [2.45, 2.75) is 32.6 Å². The molecule has 2 aliphatic rings. The number of aryl methyl sites for hydroxylation is 2. The van der Waals surface area contributed by atoms with E-state index in [4.69, 9.17) is 0 Å². The summed E-state index contributed by atoms with van der Waals surface area (Å²) in [7, 11) is 0. The average Bonchev–Trinajstić information content (AvgIpc) is 3.34. The van der Waals surface area contributed by atoms with Crippen LogP contribution in [0.15, 0.2) is 24.3 Å². The van der Waals surface area contributed by atoms with Crippen molar-refractivity contribution >= 4 is 11.6 Å². The predicted octanol–water partition coefficient (Wildman–Crippen LogP) is 2.87. The predicted molar refractivity (Wildman–Crippen MR) is 94.6 cm³/mol. The number of nitrogens with one attached hydrogen (secondary N) is 1. The molecule has 1 aliphatic carbocycles. The van der Waals surface area contributed by atoms with E-state index < -0.39 is 0 Å². The summed E-state index contributed by atoms with van der Waals surface area (Å²) in [5.41, 5.74) is 5.54. The highest BCUT2D eigenvalue weighted by Crippen LogP contribution is 2.39. The van der Waals surface area contributed by atoms with E-state index in [-0.39, 0.29) is 5.91 Å². The molecule has 1 aromatic heterocycles. The van der Waals surface area contributed by atoms with Crippen molar-refractivity contribution in [3.63, 3.8) is 0 Å². The van der Waals surface area contributed by atoms with Gasteiger partial charge in [-0.2, -0.15) is 5.10 Å². The number of benzene rings is 1. The van der Waals surface area contributed by atoms with Gasteiger partial charge in [-0.05, 0) is 49.9 Å². The van der Waals surface area contributed by atoms with Crippen molar-refractivity contribution in [2.24, 2.45) is 0 Å². The van der Waals surface area contributed by atoms with Crippen molar-refractivity contribution < 1.29 is 4.79 Å². The lowest BCUT2D eigenvalue weighted by Gasteiger charge is -2.36. The molecule has 4 rings (SSSR count). The average molecular weight is 324 g/mol. The Morgan fingerprint density at radius 3 is 2.58 bits per heavy atom. The van der Waals surface area contributed by atoms with Crippen molar-refractivity contribution in [3.05, 3.63) is 46.8 Å². The first-order chi connectivity index (χ1) is 11.6. The summed E-state index contributed by atoms with van der Waals surface area (Å²) in [6.07, 6.45) is 2.43. The number of H-pyrrole nitrogens is 1. The fraction of sp³-hybridized carbons (Fsp3) is 0.474. The minimum absolute atomic E-state index is 0.0544. The Morgan fingerprint density at radius 2 is 1.88 bits per heavy atom. The summed E-state index contributed by atoms with van der Waals surface area (Å²) >= 11 is 0. The summed E-state index contributed by atoms with van der Waals surface area (Å²) in [5, 5.41) is 7.25. The van der Waals surface area contributed by atoms with Gasteiger partial charge in [0.25, 0.3) is 5.91 Å². The third-order valence-electron chi connectivity index (χ3n) is 5.11. The number of aromatic nitrogens is 2. The van der Waals surface area contributed by atoms with Crippen LogP contribution in [0.1, 0.15) is 46.1 Å². The molecule has 1 amide bonds. The van der Waals surface area contributed by atoms with Gasteiger partial charge in [-0.1, -0.05) is 12.1 Å². The molecular formula is C19H24N4O. The van der Waals surface area contributed by atoms with Crippen molar-refractivity contribution in [1.29, 1.82) is 0 Å². The van der Waals surface area contributed by atoms with E-state index in [0.29, 0.717) is 11.6 Å². The standard InChI is InChI=1S/C19H24N4O/c1-13-3-4-14(2)18(11-13)22-7-9-23(10-8-22)19(24)17-12-16(20-21-17)15-5-6-15/h3-4,11-12,15H,5-10H2,1-2H3,(H,20,21). The van der Waals surface area contributed by atoms with Crippen molar-refractivity contribution in [3.8, 4) is 0 Å². The van der Waals surface area contributed by atoms with Crippen LogP contribution in [0.4, 0.5) is 5.69 Å². The maximum absolute atomic E-state index is 12.6. The number of rotatable bonds is 3. The number of amides is 1. The molecule has 1 saturated carbocycles. The van der Waals surface area contributed by atoms with Gasteiger partial charge >= 0.3 is 0 Å². The molecule has 0 bridgehead atoms. The smallest absolute Gasteiger partial charge is 0.274 e. The van der Waals surface area contributed by atoms with Gasteiger partial charge < -0.3 is 9.80 Å². The summed E-state index contributed by atoms with van der Waals surface area (Å²) in [4.78, 5) is 17.0. The largest absolute Gasteiger partial charge is 0.368 e. The zero-order valence-electron chi connectivity index (χ0n) is 14.4. The van der Waals surface area contributed by atoms with Gasteiger partial charge in [-0.25, -0.2) is 0 Å². The Kier molecular flexibility index (Phi) is 3.79. The second-order valence-corrected chi connectivity index (χ2v) is 7.05. The first-order valence-corrected chi connectivity index (χ1v) is 8.78. The first kappa shape index (κ1) is 15.2. The SMILES string of the molecule is Cc1ccc(C)c(N2CCN(C(=O)c3cc(C4CC4)[nH]n3)CC2)c1. The molecule has 1 aromatic carbocycles. The molecule has 1 N–H and O–H groups in total. The van der Waals surface area contributed by atoms with Gasteiger partial charge in [0.15, 0.2) is 0 Å². The van der Waals surface area contributed by atoms with Gasteiger partial charge in [0.1, 0.15) is 5.69 Å². The Balaban J connectivity index is 1.41. The molecule has 1 aliphatic heterocycles. The maximum Gasteiger partial charge on any atom is 0.274 e. The minimum atomic E-state index is 0.0544. The number of carbonyl (C=O) groups is 1. The van der Waals surface area contributed by atoms with Gasteiger partial charge in [0.05, 0.1) is 0 Å². The lowest BCUT2D eigenvalue weighted by atomic mass is 10.1. The maximum atomic E-state index is 12.6. The lowest BCUT2D eigenvalue weighted by molar-refractivity contribution is 0.0741. The van der Waals surface area contributed by atoms with E-state index >= 15 is 0 Å². The highest BCUT2D eigenvalue weighted by molar-refractivity contribution is 5.92. The molecule has 1 saturated heterocycles. The van der Waals surface area contributed by atoms with E-state index in [0.717, 1.165) is 31.9 Å². The van der Waals surface area contributed by atoms with E-state index in [1.165, 1.54) is 29.7 Å². The van der Waals surface area contributed by atoms with Crippen LogP contribution in [0.25, 0.3) is 0 Å². The van der Waals surface area contributed by atoms with Crippen LogP contribution in [-0.2, 0) is 0 Å². The molecule has 2 heterocycles. The van der Waals surface area contributed by atoms with E-state index in [1.54, 1.807) is 0 Å². The number of hydrogen-bond donors (Lipinski definition) is 1. The minimum Gasteiger partial charge on any atom is -0.368 e. The monoisotopic (exact) mass is 324 g/mol. The number of piperazine rings is 1. The zero-order chi connectivity index (χ0) is 16.7. The summed E-state index contributed by atoms with van der Waals surface area (Å²) in [6.45, 7) is 7.51. The number of aromatic amines is 1. The number of anilines is 1. The van der Waals surface area contributed by atoms with Crippen LogP contribution < -0.4 is 4.90 Å². The Bertz CT molecular complexity index is 754. The normalized spacial score (nSPS) is 18.1. The molecule has 5 heteroatoms. The molecule has 126 valence electrons. The van der Waals surface area contributed by atoms with Crippen LogP contribution in [0.2, 0.25) is 0 Å². The fourth-order valence-electron chi connectivity index (χ4n) is 3.42. The number of hydrogen-bond acceptors (Lipinski definition) is 3.